The van der Waals surface area contributed by atoms with Gasteiger partial charge in [0, 0.05) is 62.1 Å². The zero-order chi connectivity index (χ0) is 23.3. The van der Waals surface area contributed by atoms with Gasteiger partial charge in [-0.05, 0) is 45.7 Å². The maximum absolute atomic E-state index is 13.1. The number of hydrogen-bond acceptors (Lipinski definition) is 6. The highest BCUT2D eigenvalue weighted by atomic mass is 16.4. The predicted molar refractivity (Wildman–Crippen MR) is 123 cm³/mol. The van der Waals surface area contributed by atoms with Gasteiger partial charge < -0.3 is 14.9 Å². The van der Waals surface area contributed by atoms with Crippen LogP contribution in [0.2, 0.25) is 0 Å². The lowest BCUT2D eigenvalue weighted by molar-refractivity contribution is -0.133. The minimum Gasteiger partial charge on any atom is -0.478 e. The molecule has 9 heteroatoms. The number of carbonyl (C=O) groups excluding carboxylic acids is 1. The summed E-state index contributed by atoms with van der Waals surface area (Å²) in [5.41, 5.74) is 2.56. The van der Waals surface area contributed by atoms with E-state index in [9.17, 15) is 9.59 Å². The summed E-state index contributed by atoms with van der Waals surface area (Å²) in [6.45, 7) is 9.93. The second-order valence-electron chi connectivity index (χ2n) is 10.5. The summed E-state index contributed by atoms with van der Waals surface area (Å²) in [5.74, 6) is 0.0507. The van der Waals surface area contributed by atoms with Crippen LogP contribution in [0.5, 0.6) is 0 Å². The average molecular weight is 453 g/mol. The lowest BCUT2D eigenvalue weighted by Crippen LogP contribution is -2.56. The molecule has 1 amide bonds. The fraction of sp³-hybridized carbons (Fsp3) is 0.583. The Morgan fingerprint density at radius 2 is 1.85 bits per heavy atom. The average Bonchev–Trinajstić information content (AvgIpc) is 3.32. The summed E-state index contributed by atoms with van der Waals surface area (Å²) < 4.78 is 2.10. The maximum Gasteiger partial charge on any atom is 0.337 e. The maximum atomic E-state index is 13.1. The molecule has 0 aliphatic carbocycles. The van der Waals surface area contributed by atoms with E-state index in [0.29, 0.717) is 25.2 Å². The van der Waals surface area contributed by atoms with Gasteiger partial charge in [0.05, 0.1) is 23.8 Å². The minimum absolute atomic E-state index is 0.0541. The molecule has 0 radical (unpaired) electrons. The first kappa shape index (κ1) is 21.9. The van der Waals surface area contributed by atoms with Gasteiger partial charge in [-0.15, -0.1) is 0 Å². The highest BCUT2D eigenvalue weighted by molar-refractivity contribution is 5.87. The number of hydrogen-bond donors (Lipinski definition) is 1. The zero-order valence-electron chi connectivity index (χ0n) is 19.6. The van der Waals surface area contributed by atoms with E-state index in [0.717, 1.165) is 50.3 Å². The normalized spacial score (nSPS) is 23.0. The van der Waals surface area contributed by atoms with E-state index in [2.05, 4.69) is 45.3 Å². The molecule has 33 heavy (non-hydrogen) atoms. The molecule has 2 unspecified atom stereocenters. The smallest absolute Gasteiger partial charge is 0.337 e. The van der Waals surface area contributed by atoms with Gasteiger partial charge in [0.1, 0.15) is 5.82 Å². The van der Waals surface area contributed by atoms with Crippen molar-refractivity contribution >= 4 is 17.7 Å². The number of fused-ring (bicyclic) bond motifs is 3. The summed E-state index contributed by atoms with van der Waals surface area (Å²) in [4.78, 5) is 35.2. The van der Waals surface area contributed by atoms with Gasteiger partial charge in [-0.1, -0.05) is 0 Å². The van der Waals surface area contributed by atoms with Gasteiger partial charge in [0.25, 0.3) is 0 Å². The number of rotatable bonds is 4. The molecule has 0 aromatic carbocycles. The number of carbonyl (C=O) groups is 2. The lowest BCUT2D eigenvalue weighted by atomic mass is 10.0. The molecule has 3 aliphatic heterocycles. The van der Waals surface area contributed by atoms with Crippen molar-refractivity contribution in [2.24, 2.45) is 0 Å². The molecule has 2 saturated heterocycles. The number of likely N-dealkylation sites (tertiary alicyclic amines) is 1. The molecule has 0 saturated carbocycles. The monoisotopic (exact) mass is 452 g/mol. The van der Waals surface area contributed by atoms with Crippen molar-refractivity contribution in [3.63, 3.8) is 0 Å². The summed E-state index contributed by atoms with van der Waals surface area (Å²) in [6, 6.07) is 4.03. The van der Waals surface area contributed by atoms with Gasteiger partial charge in [-0.2, -0.15) is 5.10 Å². The van der Waals surface area contributed by atoms with Crippen molar-refractivity contribution < 1.29 is 14.7 Å². The van der Waals surface area contributed by atoms with Crippen molar-refractivity contribution in [1.29, 1.82) is 0 Å². The highest BCUT2D eigenvalue weighted by Crippen LogP contribution is 2.34. The number of carboxylic acids is 1. The van der Waals surface area contributed by atoms with E-state index in [-0.39, 0.29) is 17.0 Å². The predicted octanol–water partition coefficient (Wildman–Crippen LogP) is 1.97. The van der Waals surface area contributed by atoms with Crippen molar-refractivity contribution in [3.05, 3.63) is 41.3 Å². The molecule has 1 N–H and O–H groups in total. The van der Waals surface area contributed by atoms with E-state index >= 15 is 0 Å². The molecule has 2 aromatic rings. The number of amides is 1. The fourth-order valence-electron chi connectivity index (χ4n) is 5.57. The van der Waals surface area contributed by atoms with Crippen LogP contribution in [0.25, 0.3) is 0 Å². The van der Waals surface area contributed by atoms with Gasteiger partial charge in [-0.25, -0.2) is 9.78 Å². The zero-order valence-corrected chi connectivity index (χ0v) is 19.6. The highest BCUT2D eigenvalue weighted by Gasteiger charge is 2.41. The molecule has 2 atom stereocenters. The third-order valence-corrected chi connectivity index (χ3v) is 7.10. The third-order valence-electron chi connectivity index (χ3n) is 7.10. The van der Waals surface area contributed by atoms with E-state index in [4.69, 9.17) is 5.11 Å². The van der Waals surface area contributed by atoms with Gasteiger partial charge in [-0.3, -0.25) is 14.4 Å². The number of aromatic nitrogens is 3. The Kier molecular flexibility index (Phi) is 5.39. The third kappa shape index (κ3) is 4.10. The number of anilines is 1. The van der Waals surface area contributed by atoms with Crippen LogP contribution in [0.15, 0.2) is 24.5 Å². The molecule has 0 spiro atoms. The lowest BCUT2D eigenvalue weighted by Gasteiger charge is -2.42. The first-order valence-corrected chi connectivity index (χ1v) is 11.7. The standard InChI is InChI=1S/C24H32N6O3/c1-24(2,3)30-20-8-9-28(12-17(20)11-26-30)22(31)15-27-13-18-5-6-19(14-27)29(18)21-7-4-16(10-25-21)23(32)33/h4,7,10-11,18-19H,5-6,8-9,12-15H2,1-3H3,(H,32,33). The molecule has 3 aliphatic rings. The van der Waals surface area contributed by atoms with Crippen molar-refractivity contribution in [2.75, 3.05) is 31.1 Å². The topological polar surface area (TPSA) is 94.8 Å². The first-order chi connectivity index (χ1) is 15.7. The van der Waals surface area contributed by atoms with Crippen LogP contribution in [0.3, 0.4) is 0 Å². The van der Waals surface area contributed by atoms with Gasteiger partial charge in [0.15, 0.2) is 0 Å². The number of carboxylic acid groups (broad SMARTS) is 1. The summed E-state index contributed by atoms with van der Waals surface area (Å²) in [7, 11) is 0. The fourth-order valence-corrected chi connectivity index (χ4v) is 5.57. The van der Waals surface area contributed by atoms with Crippen LogP contribution in [0.1, 0.15) is 55.2 Å². The Morgan fingerprint density at radius 1 is 1.12 bits per heavy atom. The second kappa shape index (κ2) is 8.13. The second-order valence-corrected chi connectivity index (χ2v) is 10.5. The molecule has 2 aromatic heterocycles. The molecular weight excluding hydrogens is 420 g/mol. The van der Waals surface area contributed by atoms with E-state index in [1.54, 1.807) is 12.1 Å². The Labute approximate surface area is 194 Å². The van der Waals surface area contributed by atoms with E-state index < -0.39 is 5.97 Å². The summed E-state index contributed by atoms with van der Waals surface area (Å²) in [6.07, 6.45) is 6.32. The van der Waals surface area contributed by atoms with Gasteiger partial charge >= 0.3 is 5.97 Å². The van der Waals surface area contributed by atoms with Crippen LogP contribution in [0, 0.1) is 0 Å². The van der Waals surface area contributed by atoms with Crippen LogP contribution >= 0.6 is 0 Å². The Morgan fingerprint density at radius 3 is 2.45 bits per heavy atom. The van der Waals surface area contributed by atoms with Crippen molar-refractivity contribution in [3.8, 4) is 0 Å². The van der Waals surface area contributed by atoms with E-state index in [1.807, 2.05) is 11.1 Å². The number of piperazine rings is 1. The molecule has 2 fully saturated rings. The van der Waals surface area contributed by atoms with Crippen molar-refractivity contribution in [2.45, 2.75) is 64.2 Å². The Bertz CT molecular complexity index is 1040. The Balaban J connectivity index is 1.21. The number of aromatic carboxylic acids is 1. The number of nitrogens with zero attached hydrogens (tertiary/aromatic N) is 6. The minimum atomic E-state index is -0.962. The molecule has 176 valence electrons. The van der Waals surface area contributed by atoms with Crippen molar-refractivity contribution in [1.82, 2.24) is 24.6 Å². The van der Waals surface area contributed by atoms with E-state index in [1.165, 1.54) is 11.9 Å². The van der Waals surface area contributed by atoms with Gasteiger partial charge in [0.2, 0.25) is 5.91 Å². The number of pyridine rings is 1. The largest absolute Gasteiger partial charge is 0.478 e. The first-order valence-electron chi connectivity index (χ1n) is 11.7. The molecule has 5 rings (SSSR count). The summed E-state index contributed by atoms with van der Waals surface area (Å²) >= 11 is 0. The molecule has 9 nitrogen and oxygen atoms in total. The molecular formula is C24H32N6O3. The SMILES string of the molecule is CC(C)(C)n1ncc2c1CCN(C(=O)CN1CC3CCC(C1)N3c1ccc(C(=O)O)cn1)C2. The van der Waals surface area contributed by atoms with Crippen LogP contribution in [0.4, 0.5) is 5.82 Å². The van der Waals surface area contributed by atoms with Crippen LogP contribution in [-0.2, 0) is 23.3 Å². The molecule has 5 heterocycles. The van der Waals surface area contributed by atoms with Crippen LogP contribution < -0.4 is 4.90 Å². The summed E-state index contributed by atoms with van der Waals surface area (Å²) in [5, 5.41) is 13.7. The quantitative estimate of drug-likeness (QED) is 0.758. The van der Waals surface area contributed by atoms with Crippen LogP contribution in [-0.4, -0.2) is 79.8 Å². The Hall–Kier alpha value is -2.94. The molecule has 2 bridgehead atoms.